The highest BCUT2D eigenvalue weighted by Gasteiger charge is 1.90. The molecule has 2 aromatic rings. The number of rotatable bonds is 3. The Morgan fingerprint density at radius 3 is 2.25 bits per heavy atom. The predicted octanol–water partition coefficient (Wildman–Crippen LogP) is 3.32. The first-order valence-electron chi connectivity index (χ1n) is 5.40. The topological polar surface area (TPSA) is 26.0 Å². The Balaban J connectivity index is 2.17. The van der Waals surface area contributed by atoms with Crippen molar-refractivity contribution in [2.75, 3.05) is 0 Å². The van der Waals surface area contributed by atoms with Crippen LogP contribution in [0.4, 0.5) is 0 Å². The molecule has 1 nitrogen and oxygen atoms in total. The first-order valence-corrected chi connectivity index (χ1v) is 5.40. The quantitative estimate of drug-likeness (QED) is 0.771. The molecule has 0 unspecified atom stereocenters. The van der Waals surface area contributed by atoms with Gasteiger partial charge in [0.15, 0.2) is 0 Å². The van der Waals surface area contributed by atoms with Gasteiger partial charge in [-0.05, 0) is 16.7 Å². The van der Waals surface area contributed by atoms with Crippen LogP contribution in [0.2, 0.25) is 0 Å². The van der Waals surface area contributed by atoms with Crippen LogP contribution in [-0.4, -0.2) is 0 Å². The fraction of sp³-hybridized carbons (Fsp3) is 0.0667. The zero-order valence-corrected chi connectivity index (χ0v) is 9.14. The molecule has 2 rings (SSSR count). The van der Waals surface area contributed by atoms with Gasteiger partial charge in [-0.1, -0.05) is 66.7 Å². The molecule has 0 saturated carbocycles. The maximum absolute atomic E-state index is 5.60. The summed E-state index contributed by atoms with van der Waals surface area (Å²) in [6.45, 7) is 0.590. The Labute approximate surface area is 96.2 Å². The Morgan fingerprint density at radius 1 is 0.812 bits per heavy atom. The fourth-order valence-corrected chi connectivity index (χ4v) is 1.58. The molecular formula is C15H15N. The van der Waals surface area contributed by atoms with Crippen LogP contribution in [0.1, 0.15) is 16.7 Å². The minimum atomic E-state index is 0.590. The van der Waals surface area contributed by atoms with E-state index in [1.807, 2.05) is 30.3 Å². The summed E-state index contributed by atoms with van der Waals surface area (Å²) in [6.07, 6.45) is 4.21. The number of hydrogen-bond donors (Lipinski definition) is 1. The fourth-order valence-electron chi connectivity index (χ4n) is 1.58. The largest absolute Gasteiger partial charge is 0.326 e. The molecule has 0 aliphatic carbocycles. The highest BCUT2D eigenvalue weighted by atomic mass is 14.5. The van der Waals surface area contributed by atoms with Gasteiger partial charge < -0.3 is 5.73 Å². The van der Waals surface area contributed by atoms with E-state index in [1.54, 1.807) is 0 Å². The minimum absolute atomic E-state index is 0.590. The van der Waals surface area contributed by atoms with E-state index in [0.29, 0.717) is 6.54 Å². The second-order valence-electron chi connectivity index (χ2n) is 3.69. The van der Waals surface area contributed by atoms with Crippen molar-refractivity contribution < 1.29 is 0 Å². The van der Waals surface area contributed by atoms with E-state index in [-0.39, 0.29) is 0 Å². The summed E-state index contributed by atoms with van der Waals surface area (Å²) < 4.78 is 0. The van der Waals surface area contributed by atoms with Gasteiger partial charge >= 0.3 is 0 Å². The van der Waals surface area contributed by atoms with E-state index in [9.17, 15) is 0 Å². The number of hydrogen-bond acceptors (Lipinski definition) is 1. The van der Waals surface area contributed by atoms with Crippen molar-refractivity contribution in [2.24, 2.45) is 5.73 Å². The molecule has 16 heavy (non-hydrogen) atoms. The summed E-state index contributed by atoms with van der Waals surface area (Å²) in [5.41, 5.74) is 9.16. The molecule has 80 valence electrons. The smallest absolute Gasteiger partial charge is 0.0178 e. The summed E-state index contributed by atoms with van der Waals surface area (Å²) in [5, 5.41) is 0. The van der Waals surface area contributed by atoms with E-state index in [4.69, 9.17) is 5.73 Å². The first-order chi connectivity index (χ1) is 7.88. The summed E-state index contributed by atoms with van der Waals surface area (Å²) in [4.78, 5) is 0. The normalized spacial score (nSPS) is 10.8. The maximum Gasteiger partial charge on any atom is 0.0178 e. The lowest BCUT2D eigenvalue weighted by Crippen LogP contribution is -1.95. The second kappa shape index (κ2) is 5.29. The van der Waals surface area contributed by atoms with Crippen LogP contribution in [0.25, 0.3) is 12.2 Å². The molecule has 0 fully saturated rings. The van der Waals surface area contributed by atoms with Crippen LogP contribution in [-0.2, 0) is 6.54 Å². The van der Waals surface area contributed by atoms with Crippen LogP contribution in [0.3, 0.4) is 0 Å². The van der Waals surface area contributed by atoms with E-state index < -0.39 is 0 Å². The standard InChI is InChI=1S/C15H15N/c16-12-15-8-4-7-14(11-15)10-9-13-5-2-1-3-6-13/h1-11H,12,16H2/b10-9-. The van der Waals surface area contributed by atoms with E-state index in [1.165, 1.54) is 11.1 Å². The molecule has 0 heterocycles. The number of benzene rings is 2. The van der Waals surface area contributed by atoms with Gasteiger partial charge in [0.2, 0.25) is 0 Å². The average Bonchev–Trinajstić information content (AvgIpc) is 2.38. The molecular weight excluding hydrogens is 194 g/mol. The van der Waals surface area contributed by atoms with E-state index >= 15 is 0 Å². The van der Waals surface area contributed by atoms with E-state index in [2.05, 4.69) is 36.4 Å². The Morgan fingerprint density at radius 2 is 1.50 bits per heavy atom. The second-order valence-corrected chi connectivity index (χ2v) is 3.69. The number of nitrogens with two attached hydrogens (primary N) is 1. The summed E-state index contributed by atoms with van der Waals surface area (Å²) in [6, 6.07) is 18.5. The van der Waals surface area contributed by atoms with Gasteiger partial charge in [0.25, 0.3) is 0 Å². The molecule has 2 aromatic carbocycles. The highest BCUT2D eigenvalue weighted by Crippen LogP contribution is 2.09. The lowest BCUT2D eigenvalue weighted by atomic mass is 10.1. The first kappa shape index (κ1) is 10.7. The third kappa shape index (κ3) is 2.81. The van der Waals surface area contributed by atoms with Crippen molar-refractivity contribution in [2.45, 2.75) is 6.54 Å². The van der Waals surface area contributed by atoms with Gasteiger partial charge in [-0.15, -0.1) is 0 Å². The average molecular weight is 209 g/mol. The van der Waals surface area contributed by atoms with Crippen molar-refractivity contribution in [3.05, 3.63) is 71.3 Å². The molecule has 0 aliphatic heterocycles. The molecule has 0 bridgehead atoms. The maximum atomic E-state index is 5.60. The van der Waals surface area contributed by atoms with Gasteiger partial charge in [-0.25, -0.2) is 0 Å². The molecule has 0 radical (unpaired) electrons. The van der Waals surface area contributed by atoms with Gasteiger partial charge in [-0.2, -0.15) is 0 Å². The zero-order chi connectivity index (χ0) is 11.2. The van der Waals surface area contributed by atoms with Crippen LogP contribution < -0.4 is 5.73 Å². The molecule has 0 saturated heterocycles. The monoisotopic (exact) mass is 209 g/mol. The van der Waals surface area contributed by atoms with Crippen molar-refractivity contribution in [1.29, 1.82) is 0 Å². The Kier molecular flexibility index (Phi) is 3.52. The van der Waals surface area contributed by atoms with Gasteiger partial charge in [0.1, 0.15) is 0 Å². The molecule has 0 spiro atoms. The van der Waals surface area contributed by atoms with Gasteiger partial charge in [0, 0.05) is 6.54 Å². The summed E-state index contributed by atoms with van der Waals surface area (Å²) in [7, 11) is 0. The molecule has 2 N–H and O–H groups in total. The van der Waals surface area contributed by atoms with Crippen LogP contribution >= 0.6 is 0 Å². The lowest BCUT2D eigenvalue weighted by Gasteiger charge is -1.98. The van der Waals surface area contributed by atoms with Crippen molar-refractivity contribution in [3.63, 3.8) is 0 Å². The molecule has 0 amide bonds. The third-order valence-corrected chi connectivity index (χ3v) is 2.45. The summed E-state index contributed by atoms with van der Waals surface area (Å²) >= 11 is 0. The predicted molar refractivity (Wildman–Crippen MR) is 69.7 cm³/mol. The minimum Gasteiger partial charge on any atom is -0.326 e. The van der Waals surface area contributed by atoms with Crippen molar-refractivity contribution in [3.8, 4) is 0 Å². The molecule has 1 heteroatoms. The SMILES string of the molecule is NCc1cccc(/C=C\c2ccccc2)c1. The van der Waals surface area contributed by atoms with Crippen LogP contribution in [0.15, 0.2) is 54.6 Å². The zero-order valence-electron chi connectivity index (χ0n) is 9.14. The lowest BCUT2D eigenvalue weighted by molar-refractivity contribution is 1.07. The molecule has 0 aromatic heterocycles. The molecule has 0 aliphatic rings. The van der Waals surface area contributed by atoms with Crippen molar-refractivity contribution in [1.82, 2.24) is 0 Å². The van der Waals surface area contributed by atoms with E-state index in [0.717, 1.165) is 5.56 Å². The highest BCUT2D eigenvalue weighted by molar-refractivity contribution is 5.69. The third-order valence-electron chi connectivity index (χ3n) is 2.45. The van der Waals surface area contributed by atoms with Gasteiger partial charge in [0.05, 0.1) is 0 Å². The molecule has 0 atom stereocenters. The van der Waals surface area contributed by atoms with Crippen LogP contribution in [0.5, 0.6) is 0 Å². The van der Waals surface area contributed by atoms with Gasteiger partial charge in [-0.3, -0.25) is 0 Å². The Hall–Kier alpha value is -1.86. The Bertz CT molecular complexity index is 472. The summed E-state index contributed by atoms with van der Waals surface area (Å²) in [5.74, 6) is 0. The van der Waals surface area contributed by atoms with Crippen molar-refractivity contribution >= 4 is 12.2 Å². The van der Waals surface area contributed by atoms with Crippen LogP contribution in [0, 0.1) is 0 Å².